The minimum Gasteiger partial charge on any atom is -0.376 e. The van der Waals surface area contributed by atoms with Crippen molar-refractivity contribution in [3.05, 3.63) is 64.7 Å². The maximum atomic E-state index is 12.5. The smallest absolute Gasteiger partial charge is 0.376 e. The number of anilines is 1. The van der Waals surface area contributed by atoms with E-state index in [1.54, 1.807) is 0 Å². The van der Waals surface area contributed by atoms with E-state index >= 15 is 0 Å². The van der Waals surface area contributed by atoms with Gasteiger partial charge in [0, 0.05) is 11.3 Å². The zero-order valence-electron chi connectivity index (χ0n) is 14.2. The number of halogens is 3. The SMILES string of the molecule is Cc1ccc(NCC(=O)NNC(=O)c2ccc(C(F)(F)F)cc2)c(C)c1. The summed E-state index contributed by atoms with van der Waals surface area (Å²) in [5, 5.41) is 2.94. The molecule has 0 aliphatic heterocycles. The van der Waals surface area contributed by atoms with Crippen LogP contribution in [0.4, 0.5) is 18.9 Å². The van der Waals surface area contributed by atoms with E-state index < -0.39 is 23.6 Å². The first-order chi connectivity index (χ1) is 12.2. The number of alkyl halides is 3. The molecule has 0 radical (unpaired) electrons. The maximum absolute atomic E-state index is 12.5. The molecule has 3 N–H and O–H groups in total. The number of carbonyl (C=O) groups is 2. The van der Waals surface area contributed by atoms with Crippen molar-refractivity contribution in [2.45, 2.75) is 20.0 Å². The molecule has 0 spiro atoms. The first kappa shape index (κ1) is 19.3. The highest BCUT2D eigenvalue weighted by molar-refractivity contribution is 5.95. The third kappa shape index (κ3) is 5.23. The van der Waals surface area contributed by atoms with Crippen molar-refractivity contribution in [2.75, 3.05) is 11.9 Å². The summed E-state index contributed by atoms with van der Waals surface area (Å²) in [6.45, 7) is 3.79. The van der Waals surface area contributed by atoms with E-state index in [9.17, 15) is 22.8 Å². The van der Waals surface area contributed by atoms with Crippen molar-refractivity contribution in [2.24, 2.45) is 0 Å². The van der Waals surface area contributed by atoms with Gasteiger partial charge in [0.25, 0.3) is 11.8 Å². The average molecular weight is 365 g/mol. The summed E-state index contributed by atoms with van der Waals surface area (Å²) < 4.78 is 37.5. The lowest BCUT2D eigenvalue weighted by Crippen LogP contribution is -2.44. The molecule has 0 unspecified atom stereocenters. The van der Waals surface area contributed by atoms with Crippen molar-refractivity contribution in [1.82, 2.24) is 10.9 Å². The molecule has 0 saturated carbocycles. The van der Waals surface area contributed by atoms with E-state index in [2.05, 4.69) is 16.2 Å². The highest BCUT2D eigenvalue weighted by atomic mass is 19.4. The number of hydrogen-bond donors (Lipinski definition) is 3. The number of amides is 2. The molecule has 8 heteroatoms. The van der Waals surface area contributed by atoms with E-state index in [0.717, 1.165) is 41.1 Å². The summed E-state index contributed by atoms with van der Waals surface area (Å²) in [5.41, 5.74) is 6.38. The summed E-state index contributed by atoms with van der Waals surface area (Å²) in [4.78, 5) is 23.6. The molecule has 138 valence electrons. The summed E-state index contributed by atoms with van der Waals surface area (Å²) in [7, 11) is 0. The third-order valence-corrected chi connectivity index (χ3v) is 3.61. The molecule has 5 nitrogen and oxygen atoms in total. The van der Waals surface area contributed by atoms with Crippen LogP contribution in [0.15, 0.2) is 42.5 Å². The second kappa shape index (κ2) is 7.90. The van der Waals surface area contributed by atoms with Crippen LogP contribution in [-0.2, 0) is 11.0 Å². The van der Waals surface area contributed by atoms with Gasteiger partial charge in [-0.3, -0.25) is 20.4 Å². The molecule has 0 saturated heterocycles. The molecular weight excluding hydrogens is 347 g/mol. The normalized spacial score (nSPS) is 11.0. The van der Waals surface area contributed by atoms with Gasteiger partial charge in [-0.25, -0.2) is 0 Å². The lowest BCUT2D eigenvalue weighted by molar-refractivity contribution is -0.137. The van der Waals surface area contributed by atoms with Gasteiger partial charge in [-0.2, -0.15) is 13.2 Å². The van der Waals surface area contributed by atoms with Gasteiger partial charge in [0.15, 0.2) is 0 Å². The van der Waals surface area contributed by atoms with Crippen LogP contribution in [0.3, 0.4) is 0 Å². The first-order valence-electron chi connectivity index (χ1n) is 7.74. The molecule has 2 rings (SSSR count). The summed E-state index contributed by atoms with van der Waals surface area (Å²) in [5.74, 6) is -1.20. The zero-order valence-corrected chi connectivity index (χ0v) is 14.2. The summed E-state index contributed by atoms with van der Waals surface area (Å²) in [6.07, 6.45) is -4.47. The van der Waals surface area contributed by atoms with Gasteiger partial charge in [0.1, 0.15) is 0 Å². The van der Waals surface area contributed by atoms with Gasteiger partial charge >= 0.3 is 6.18 Å². The maximum Gasteiger partial charge on any atom is 0.416 e. The minimum absolute atomic E-state index is 0.000591. The summed E-state index contributed by atoms with van der Waals surface area (Å²) >= 11 is 0. The van der Waals surface area contributed by atoms with E-state index in [-0.39, 0.29) is 12.1 Å². The molecule has 0 aliphatic carbocycles. The molecule has 26 heavy (non-hydrogen) atoms. The minimum atomic E-state index is -4.47. The van der Waals surface area contributed by atoms with Gasteiger partial charge in [-0.1, -0.05) is 17.7 Å². The Hall–Kier alpha value is -3.03. The van der Waals surface area contributed by atoms with Crippen molar-refractivity contribution in [3.63, 3.8) is 0 Å². The number of rotatable bonds is 4. The molecular formula is C18H18F3N3O2. The second-order valence-corrected chi connectivity index (χ2v) is 5.75. The van der Waals surface area contributed by atoms with Crippen LogP contribution < -0.4 is 16.2 Å². The lowest BCUT2D eigenvalue weighted by Gasteiger charge is -2.11. The Bertz CT molecular complexity index is 802. The quantitative estimate of drug-likeness (QED) is 0.729. The predicted molar refractivity (Wildman–Crippen MR) is 91.5 cm³/mol. The largest absolute Gasteiger partial charge is 0.416 e. The van der Waals surface area contributed by atoms with Crippen molar-refractivity contribution >= 4 is 17.5 Å². The predicted octanol–water partition coefficient (Wildman–Crippen LogP) is 3.20. The molecule has 2 aromatic carbocycles. The Labute approximate surface area is 148 Å². The van der Waals surface area contributed by atoms with Crippen LogP contribution in [0.1, 0.15) is 27.0 Å². The Morgan fingerprint density at radius 1 is 0.962 bits per heavy atom. The molecule has 0 aliphatic rings. The molecule has 2 aromatic rings. The van der Waals surface area contributed by atoms with E-state index in [4.69, 9.17) is 0 Å². The standard InChI is InChI=1S/C18H18F3N3O2/c1-11-3-8-15(12(2)9-11)22-10-16(25)23-24-17(26)13-4-6-14(7-5-13)18(19,20)21/h3-9,22H,10H2,1-2H3,(H,23,25)(H,24,26). The number of hydrogen-bond acceptors (Lipinski definition) is 3. The Kier molecular flexibility index (Phi) is 5.86. The number of benzene rings is 2. The number of aryl methyl sites for hydroxylation is 2. The number of carbonyl (C=O) groups excluding carboxylic acids is 2. The fourth-order valence-corrected chi connectivity index (χ4v) is 2.24. The number of nitrogens with one attached hydrogen (secondary N) is 3. The Morgan fingerprint density at radius 3 is 2.19 bits per heavy atom. The van der Waals surface area contributed by atoms with E-state index in [0.29, 0.717) is 0 Å². The summed E-state index contributed by atoms with van der Waals surface area (Å²) in [6, 6.07) is 9.40. The van der Waals surface area contributed by atoms with Crippen LogP contribution >= 0.6 is 0 Å². The van der Waals surface area contributed by atoms with E-state index in [1.807, 2.05) is 32.0 Å². The average Bonchev–Trinajstić information content (AvgIpc) is 2.58. The Morgan fingerprint density at radius 2 is 1.62 bits per heavy atom. The highest BCUT2D eigenvalue weighted by Gasteiger charge is 2.30. The van der Waals surface area contributed by atoms with Crippen LogP contribution in [0.5, 0.6) is 0 Å². The van der Waals surface area contributed by atoms with Crippen molar-refractivity contribution in [1.29, 1.82) is 0 Å². The molecule has 0 aromatic heterocycles. The molecule has 0 heterocycles. The van der Waals surface area contributed by atoms with Gasteiger partial charge < -0.3 is 5.32 Å². The lowest BCUT2D eigenvalue weighted by atomic mass is 10.1. The third-order valence-electron chi connectivity index (χ3n) is 3.61. The Balaban J connectivity index is 1.84. The van der Waals surface area contributed by atoms with E-state index in [1.165, 1.54) is 0 Å². The fourth-order valence-electron chi connectivity index (χ4n) is 2.24. The van der Waals surface area contributed by atoms with Gasteiger partial charge in [0.2, 0.25) is 0 Å². The van der Waals surface area contributed by atoms with Crippen molar-refractivity contribution in [3.8, 4) is 0 Å². The molecule has 2 amide bonds. The second-order valence-electron chi connectivity index (χ2n) is 5.75. The van der Waals surface area contributed by atoms with Crippen LogP contribution in [-0.4, -0.2) is 18.4 Å². The van der Waals surface area contributed by atoms with Crippen LogP contribution in [0.2, 0.25) is 0 Å². The molecule has 0 bridgehead atoms. The first-order valence-corrected chi connectivity index (χ1v) is 7.74. The van der Waals surface area contributed by atoms with Crippen molar-refractivity contribution < 1.29 is 22.8 Å². The molecule has 0 fully saturated rings. The fraction of sp³-hybridized carbons (Fsp3) is 0.222. The number of hydrazine groups is 1. The van der Waals surface area contributed by atoms with Crippen LogP contribution in [0.25, 0.3) is 0 Å². The highest BCUT2D eigenvalue weighted by Crippen LogP contribution is 2.29. The van der Waals surface area contributed by atoms with Gasteiger partial charge in [-0.15, -0.1) is 0 Å². The van der Waals surface area contributed by atoms with Gasteiger partial charge in [0.05, 0.1) is 12.1 Å². The van der Waals surface area contributed by atoms with Gasteiger partial charge in [-0.05, 0) is 49.7 Å². The van der Waals surface area contributed by atoms with Crippen LogP contribution in [0, 0.1) is 13.8 Å². The monoisotopic (exact) mass is 365 g/mol. The zero-order chi connectivity index (χ0) is 19.3. The topological polar surface area (TPSA) is 70.2 Å². The molecule has 0 atom stereocenters.